The first kappa shape index (κ1) is 12.3. The number of rotatable bonds is 3. The average Bonchev–Trinajstić information content (AvgIpc) is 2.58. The van der Waals surface area contributed by atoms with Crippen molar-refractivity contribution in [1.82, 2.24) is 5.32 Å². The molecule has 0 aromatic heterocycles. The highest BCUT2D eigenvalue weighted by Crippen LogP contribution is 2.36. The Morgan fingerprint density at radius 1 is 1.53 bits per heavy atom. The van der Waals surface area contributed by atoms with Gasteiger partial charge in [0.05, 0.1) is 12.6 Å². The van der Waals surface area contributed by atoms with Crippen molar-refractivity contribution in [2.24, 2.45) is 5.92 Å². The molecule has 86 valence electrons. The Morgan fingerprint density at radius 2 is 2.20 bits per heavy atom. The van der Waals surface area contributed by atoms with Gasteiger partial charge in [0.15, 0.2) is 0 Å². The van der Waals surface area contributed by atoms with Crippen LogP contribution in [0.4, 0.5) is 13.2 Å². The highest BCUT2D eigenvalue weighted by Gasteiger charge is 2.41. The van der Waals surface area contributed by atoms with Crippen LogP contribution < -0.4 is 5.32 Å². The lowest BCUT2D eigenvalue weighted by Gasteiger charge is -2.23. The van der Waals surface area contributed by atoms with E-state index >= 15 is 0 Å². The quantitative estimate of drug-likeness (QED) is 0.793. The van der Waals surface area contributed by atoms with Gasteiger partial charge in [-0.05, 0) is 25.2 Å². The lowest BCUT2D eigenvalue weighted by molar-refractivity contribution is -0.127. The van der Waals surface area contributed by atoms with Crippen molar-refractivity contribution < 1.29 is 13.2 Å². The van der Waals surface area contributed by atoms with E-state index in [1.165, 1.54) is 0 Å². The first-order valence-electron chi connectivity index (χ1n) is 5.14. The van der Waals surface area contributed by atoms with Crippen molar-refractivity contribution >= 4 is 0 Å². The number of nitrogens with one attached hydrogen (secondary N) is 1. The summed E-state index contributed by atoms with van der Waals surface area (Å²) in [5.74, 6) is 0.380. The van der Waals surface area contributed by atoms with Crippen molar-refractivity contribution in [3.63, 3.8) is 0 Å². The molecule has 15 heavy (non-hydrogen) atoms. The normalized spacial score (nSPS) is 31.5. The fourth-order valence-corrected chi connectivity index (χ4v) is 2.07. The maximum absolute atomic E-state index is 12.0. The third kappa shape index (κ3) is 3.38. The summed E-state index contributed by atoms with van der Waals surface area (Å²) in [4.78, 5) is 0. The summed E-state index contributed by atoms with van der Waals surface area (Å²) in [5, 5.41) is 11.3. The highest BCUT2D eigenvalue weighted by molar-refractivity contribution is 5.11. The monoisotopic (exact) mass is 220 g/mol. The first-order chi connectivity index (χ1) is 6.91. The van der Waals surface area contributed by atoms with Gasteiger partial charge >= 0.3 is 6.18 Å². The lowest BCUT2D eigenvalue weighted by Crippen LogP contribution is -2.46. The number of hydrogen-bond acceptors (Lipinski definition) is 2. The van der Waals surface area contributed by atoms with Crippen LogP contribution in [0.25, 0.3) is 0 Å². The second-order valence-corrected chi connectivity index (χ2v) is 4.18. The predicted molar refractivity (Wildman–Crippen MR) is 50.0 cm³/mol. The maximum atomic E-state index is 12.0. The molecular weight excluding hydrogens is 205 g/mol. The third-order valence-corrected chi connectivity index (χ3v) is 3.04. The van der Waals surface area contributed by atoms with E-state index in [4.69, 9.17) is 5.26 Å². The Labute approximate surface area is 87.5 Å². The van der Waals surface area contributed by atoms with Gasteiger partial charge in [0.2, 0.25) is 0 Å². The van der Waals surface area contributed by atoms with Crippen LogP contribution in [0.5, 0.6) is 0 Å². The minimum Gasteiger partial charge on any atom is -0.291 e. The van der Waals surface area contributed by atoms with Gasteiger partial charge in [-0.3, -0.25) is 5.32 Å². The van der Waals surface area contributed by atoms with Gasteiger partial charge in [0.1, 0.15) is 5.54 Å². The second-order valence-electron chi connectivity index (χ2n) is 4.18. The Bertz CT molecular complexity index is 256. The first-order valence-corrected chi connectivity index (χ1v) is 5.14. The van der Waals surface area contributed by atoms with E-state index in [0.29, 0.717) is 18.8 Å². The molecule has 0 aliphatic heterocycles. The smallest absolute Gasteiger partial charge is 0.291 e. The molecule has 0 bridgehead atoms. The molecule has 0 saturated heterocycles. The molecule has 1 fully saturated rings. The van der Waals surface area contributed by atoms with Gasteiger partial charge in [0, 0.05) is 0 Å². The lowest BCUT2D eigenvalue weighted by atomic mass is 9.96. The molecule has 1 aliphatic rings. The van der Waals surface area contributed by atoms with Gasteiger partial charge in [0.25, 0.3) is 0 Å². The molecule has 0 heterocycles. The molecule has 5 heteroatoms. The van der Waals surface area contributed by atoms with Crippen LogP contribution >= 0.6 is 0 Å². The summed E-state index contributed by atoms with van der Waals surface area (Å²) in [6.07, 6.45) is -1.41. The van der Waals surface area contributed by atoms with Crippen LogP contribution in [-0.4, -0.2) is 18.3 Å². The van der Waals surface area contributed by atoms with Crippen LogP contribution in [-0.2, 0) is 0 Å². The SMILES string of the molecule is CCC1CCC(C#N)(NCC(F)(F)F)C1. The number of hydrogen-bond donors (Lipinski definition) is 1. The van der Waals surface area contributed by atoms with Crippen LogP contribution in [0.2, 0.25) is 0 Å². The van der Waals surface area contributed by atoms with E-state index < -0.39 is 18.3 Å². The highest BCUT2D eigenvalue weighted by atomic mass is 19.4. The Kier molecular flexibility index (Phi) is 3.61. The molecule has 0 aromatic carbocycles. The van der Waals surface area contributed by atoms with E-state index in [9.17, 15) is 13.2 Å². The van der Waals surface area contributed by atoms with Gasteiger partial charge in [-0.1, -0.05) is 13.3 Å². The van der Waals surface area contributed by atoms with Crippen molar-refractivity contribution in [2.75, 3.05) is 6.54 Å². The summed E-state index contributed by atoms with van der Waals surface area (Å²) < 4.78 is 36.1. The zero-order valence-electron chi connectivity index (χ0n) is 8.69. The van der Waals surface area contributed by atoms with E-state index in [1.54, 1.807) is 0 Å². The van der Waals surface area contributed by atoms with Gasteiger partial charge in [-0.15, -0.1) is 0 Å². The molecule has 0 aromatic rings. The zero-order chi connectivity index (χ0) is 11.5. The third-order valence-electron chi connectivity index (χ3n) is 3.04. The molecule has 1 rings (SSSR count). The van der Waals surface area contributed by atoms with E-state index in [2.05, 4.69) is 5.32 Å². The standard InChI is InChI=1S/C10H15F3N2/c1-2-8-3-4-9(5-8,6-14)15-7-10(11,12)13/h8,15H,2-5,7H2,1H3. The Hall–Kier alpha value is -0.760. The number of alkyl halides is 3. The fourth-order valence-electron chi connectivity index (χ4n) is 2.07. The van der Waals surface area contributed by atoms with Crippen LogP contribution in [0.15, 0.2) is 0 Å². The second kappa shape index (κ2) is 4.40. The van der Waals surface area contributed by atoms with Gasteiger partial charge < -0.3 is 0 Å². The zero-order valence-corrected chi connectivity index (χ0v) is 8.69. The molecular formula is C10H15F3N2. The van der Waals surface area contributed by atoms with Crippen LogP contribution in [0, 0.1) is 17.2 Å². The average molecular weight is 220 g/mol. The molecule has 2 nitrogen and oxygen atoms in total. The minimum absolute atomic E-state index is 0.380. The predicted octanol–water partition coefficient (Wildman–Crippen LogP) is 2.61. The number of nitrogens with zero attached hydrogens (tertiary/aromatic N) is 1. The molecule has 2 unspecified atom stereocenters. The molecule has 0 spiro atoms. The molecule has 1 N–H and O–H groups in total. The molecule has 1 aliphatic carbocycles. The van der Waals surface area contributed by atoms with Crippen molar-refractivity contribution in [2.45, 2.75) is 44.3 Å². The molecule has 2 atom stereocenters. The summed E-state index contributed by atoms with van der Waals surface area (Å²) in [5.41, 5.74) is -0.948. The summed E-state index contributed by atoms with van der Waals surface area (Å²) >= 11 is 0. The van der Waals surface area contributed by atoms with Gasteiger partial charge in [-0.2, -0.15) is 18.4 Å². The molecule has 1 saturated carbocycles. The minimum atomic E-state index is -4.24. The summed E-state index contributed by atoms with van der Waals surface area (Å²) in [6, 6.07) is 2.00. The topological polar surface area (TPSA) is 35.8 Å². The molecule has 0 amide bonds. The van der Waals surface area contributed by atoms with Crippen molar-refractivity contribution in [3.05, 3.63) is 0 Å². The summed E-state index contributed by atoms with van der Waals surface area (Å²) in [7, 11) is 0. The van der Waals surface area contributed by atoms with Crippen molar-refractivity contribution in [3.8, 4) is 6.07 Å². The summed E-state index contributed by atoms with van der Waals surface area (Å²) in [6.45, 7) is 0.929. The van der Waals surface area contributed by atoms with E-state index in [0.717, 1.165) is 12.8 Å². The van der Waals surface area contributed by atoms with Crippen LogP contribution in [0.1, 0.15) is 32.6 Å². The van der Waals surface area contributed by atoms with Crippen LogP contribution in [0.3, 0.4) is 0 Å². The maximum Gasteiger partial charge on any atom is 0.401 e. The van der Waals surface area contributed by atoms with E-state index in [-0.39, 0.29) is 0 Å². The Morgan fingerprint density at radius 3 is 2.60 bits per heavy atom. The number of halogens is 3. The van der Waals surface area contributed by atoms with Gasteiger partial charge in [-0.25, -0.2) is 0 Å². The van der Waals surface area contributed by atoms with E-state index in [1.807, 2.05) is 13.0 Å². The number of nitriles is 1. The Balaban J connectivity index is 2.53. The van der Waals surface area contributed by atoms with Crippen molar-refractivity contribution in [1.29, 1.82) is 5.26 Å². The fraction of sp³-hybridized carbons (Fsp3) is 0.900. The largest absolute Gasteiger partial charge is 0.401 e. The molecule has 0 radical (unpaired) electrons.